The van der Waals surface area contributed by atoms with Crippen LogP contribution in [0.25, 0.3) is 0 Å². The maximum absolute atomic E-state index is 13.0. The molecule has 0 spiro atoms. The Bertz CT molecular complexity index is 1070. The van der Waals surface area contributed by atoms with Crippen molar-refractivity contribution in [2.24, 2.45) is 11.8 Å². The van der Waals surface area contributed by atoms with E-state index in [1.807, 2.05) is 25.1 Å². The summed E-state index contributed by atoms with van der Waals surface area (Å²) in [5.74, 6) is 1.59. The highest BCUT2D eigenvalue weighted by Gasteiger charge is 2.50. The van der Waals surface area contributed by atoms with Crippen LogP contribution in [-0.2, 0) is 21.2 Å². The van der Waals surface area contributed by atoms with Crippen molar-refractivity contribution in [2.75, 3.05) is 27.3 Å². The number of carbonyl (C=O) groups is 1. The number of hydrogen-bond donors (Lipinski definition) is 1. The first kappa shape index (κ1) is 21.6. The fraction of sp³-hybridized carbons (Fsp3) is 0.435. The molecule has 4 rings (SSSR count). The maximum Gasteiger partial charge on any atom is 0.243 e. The van der Waals surface area contributed by atoms with Crippen molar-refractivity contribution >= 4 is 15.9 Å². The van der Waals surface area contributed by atoms with Gasteiger partial charge in [0.15, 0.2) is 11.5 Å². The van der Waals surface area contributed by atoms with Crippen molar-refractivity contribution in [1.82, 2.24) is 9.62 Å². The van der Waals surface area contributed by atoms with Crippen molar-refractivity contribution in [1.29, 1.82) is 0 Å². The molecule has 0 unspecified atom stereocenters. The predicted molar refractivity (Wildman–Crippen MR) is 117 cm³/mol. The van der Waals surface area contributed by atoms with Crippen molar-refractivity contribution in [3.05, 3.63) is 53.6 Å². The third-order valence-electron chi connectivity index (χ3n) is 6.35. The van der Waals surface area contributed by atoms with E-state index in [4.69, 9.17) is 9.47 Å². The van der Waals surface area contributed by atoms with Crippen LogP contribution in [0.5, 0.6) is 11.5 Å². The molecular formula is C23H28N2O5S. The molecule has 3 atom stereocenters. The molecule has 1 heterocycles. The summed E-state index contributed by atoms with van der Waals surface area (Å²) in [4.78, 5) is 12.9. The molecule has 2 aromatic carbocycles. The fourth-order valence-electron chi connectivity index (χ4n) is 4.52. The monoisotopic (exact) mass is 444 g/mol. The highest BCUT2D eigenvalue weighted by Crippen LogP contribution is 2.42. The van der Waals surface area contributed by atoms with E-state index in [-0.39, 0.29) is 24.3 Å². The van der Waals surface area contributed by atoms with Crippen molar-refractivity contribution in [3.8, 4) is 11.5 Å². The summed E-state index contributed by atoms with van der Waals surface area (Å²) < 4.78 is 38.0. The van der Waals surface area contributed by atoms with Crippen LogP contribution in [0.1, 0.15) is 17.5 Å². The van der Waals surface area contributed by atoms with Gasteiger partial charge in [-0.1, -0.05) is 23.8 Å². The predicted octanol–water partition coefficient (Wildman–Crippen LogP) is 2.38. The Hall–Kier alpha value is -2.58. The highest BCUT2D eigenvalue weighted by atomic mass is 32.2. The van der Waals surface area contributed by atoms with Crippen LogP contribution >= 0.6 is 0 Å². The van der Waals surface area contributed by atoms with E-state index in [1.165, 1.54) is 0 Å². The molecule has 0 radical (unpaired) electrons. The molecule has 1 N–H and O–H groups in total. The van der Waals surface area contributed by atoms with Crippen LogP contribution < -0.4 is 14.8 Å². The number of aryl methyl sites for hydroxylation is 1. The van der Waals surface area contributed by atoms with Gasteiger partial charge in [-0.3, -0.25) is 4.79 Å². The van der Waals surface area contributed by atoms with Crippen LogP contribution in [0.3, 0.4) is 0 Å². The zero-order valence-corrected chi connectivity index (χ0v) is 18.8. The minimum Gasteiger partial charge on any atom is -0.493 e. The second-order valence-corrected chi connectivity index (χ2v) is 10.3. The number of rotatable bonds is 7. The fourth-order valence-corrected chi connectivity index (χ4v) is 6.06. The number of benzene rings is 2. The average Bonchev–Trinajstić information content (AvgIpc) is 3.10. The second-order valence-electron chi connectivity index (χ2n) is 8.33. The lowest BCUT2D eigenvalue weighted by Gasteiger charge is -2.39. The molecule has 7 nitrogen and oxygen atoms in total. The molecule has 1 saturated heterocycles. The summed E-state index contributed by atoms with van der Waals surface area (Å²) in [6.07, 6.45) is 1.04. The molecule has 1 aliphatic heterocycles. The van der Waals surface area contributed by atoms with Crippen LogP contribution in [0.4, 0.5) is 0 Å². The molecular weight excluding hydrogens is 416 g/mol. The zero-order chi connectivity index (χ0) is 22.2. The van der Waals surface area contributed by atoms with E-state index in [1.54, 1.807) is 42.8 Å². The van der Waals surface area contributed by atoms with E-state index in [9.17, 15) is 13.2 Å². The smallest absolute Gasteiger partial charge is 0.243 e. The van der Waals surface area contributed by atoms with Crippen LogP contribution in [-0.4, -0.2) is 52.0 Å². The summed E-state index contributed by atoms with van der Waals surface area (Å²) in [5, 5.41) is 3.09. The molecule has 8 heteroatoms. The highest BCUT2D eigenvalue weighted by molar-refractivity contribution is 7.89. The van der Waals surface area contributed by atoms with Crippen molar-refractivity contribution < 1.29 is 22.7 Å². The van der Waals surface area contributed by atoms with Gasteiger partial charge in [-0.05, 0) is 55.0 Å². The first-order valence-electron chi connectivity index (χ1n) is 10.4. The number of nitrogens with zero attached hydrogens (tertiary/aromatic N) is 1. The minimum absolute atomic E-state index is 0.0101. The van der Waals surface area contributed by atoms with Crippen molar-refractivity contribution in [2.45, 2.75) is 30.7 Å². The van der Waals surface area contributed by atoms with Gasteiger partial charge in [0, 0.05) is 19.1 Å². The number of hydrogen-bond acceptors (Lipinski definition) is 5. The molecule has 0 bridgehead atoms. The third kappa shape index (κ3) is 4.27. The van der Waals surface area contributed by atoms with Gasteiger partial charge >= 0.3 is 0 Å². The summed E-state index contributed by atoms with van der Waals surface area (Å²) >= 11 is 0. The van der Waals surface area contributed by atoms with E-state index in [0.29, 0.717) is 35.4 Å². The van der Waals surface area contributed by atoms with Crippen LogP contribution in [0, 0.1) is 18.8 Å². The van der Waals surface area contributed by atoms with Gasteiger partial charge in [-0.15, -0.1) is 0 Å². The SMILES string of the molecule is COc1ccc(CC(=O)N[C@H]2C[C@@H]3CN(S(=O)(=O)c4ccc(C)cc4)C[C@@H]32)cc1OC. The summed E-state index contributed by atoms with van der Waals surface area (Å²) in [6.45, 7) is 2.90. The van der Waals surface area contributed by atoms with Gasteiger partial charge in [-0.2, -0.15) is 4.31 Å². The number of ether oxygens (including phenoxy) is 2. The van der Waals surface area contributed by atoms with E-state index >= 15 is 0 Å². The second kappa shape index (κ2) is 8.51. The summed E-state index contributed by atoms with van der Waals surface area (Å²) in [6, 6.07) is 12.4. The van der Waals surface area contributed by atoms with Gasteiger partial charge in [0.25, 0.3) is 0 Å². The first-order chi connectivity index (χ1) is 14.8. The van der Waals surface area contributed by atoms with E-state index in [0.717, 1.165) is 17.5 Å². The van der Waals surface area contributed by atoms with E-state index < -0.39 is 10.0 Å². The molecule has 1 saturated carbocycles. The van der Waals surface area contributed by atoms with Gasteiger partial charge in [0.2, 0.25) is 15.9 Å². The molecule has 2 aromatic rings. The van der Waals surface area contributed by atoms with Gasteiger partial charge in [-0.25, -0.2) is 8.42 Å². The van der Waals surface area contributed by atoms with E-state index in [2.05, 4.69) is 5.32 Å². The lowest BCUT2D eigenvalue weighted by atomic mass is 9.71. The largest absolute Gasteiger partial charge is 0.493 e. The number of nitrogens with one attached hydrogen (secondary N) is 1. The Morgan fingerprint density at radius 2 is 1.77 bits per heavy atom. The average molecular weight is 445 g/mol. The Labute approximate surface area is 183 Å². The van der Waals surface area contributed by atoms with Crippen molar-refractivity contribution in [3.63, 3.8) is 0 Å². The lowest BCUT2D eigenvalue weighted by molar-refractivity contribution is -0.122. The van der Waals surface area contributed by atoms with Gasteiger partial charge in [0.05, 0.1) is 25.5 Å². The topological polar surface area (TPSA) is 84.9 Å². The molecule has 1 amide bonds. The Kier molecular flexibility index (Phi) is 5.94. The zero-order valence-electron chi connectivity index (χ0n) is 18.0. The quantitative estimate of drug-likeness (QED) is 0.709. The normalized spacial score (nSPS) is 23.0. The minimum atomic E-state index is -3.50. The molecule has 0 aromatic heterocycles. The Morgan fingerprint density at radius 1 is 1.06 bits per heavy atom. The number of sulfonamides is 1. The molecule has 2 aliphatic rings. The van der Waals surface area contributed by atoms with Gasteiger partial charge in [0.1, 0.15) is 0 Å². The number of methoxy groups -OCH3 is 2. The lowest BCUT2D eigenvalue weighted by Crippen LogP contribution is -2.52. The number of carbonyl (C=O) groups excluding carboxylic acids is 1. The van der Waals surface area contributed by atoms with Crippen LogP contribution in [0.2, 0.25) is 0 Å². The summed E-state index contributed by atoms with van der Waals surface area (Å²) in [5.41, 5.74) is 1.86. The molecule has 166 valence electrons. The maximum atomic E-state index is 13.0. The number of amides is 1. The Balaban J connectivity index is 1.35. The third-order valence-corrected chi connectivity index (χ3v) is 8.20. The Morgan fingerprint density at radius 3 is 2.45 bits per heavy atom. The first-order valence-corrected chi connectivity index (χ1v) is 11.8. The molecule has 31 heavy (non-hydrogen) atoms. The number of fused-ring (bicyclic) bond motifs is 1. The standard InChI is InChI=1S/C23H28N2O5S/c1-15-4-7-18(8-5-15)31(27,28)25-13-17-12-20(19(17)14-25)24-23(26)11-16-6-9-21(29-2)22(10-16)30-3/h4-10,17,19-20H,11-14H2,1-3H3,(H,24,26)/t17-,19+,20+/m1/s1. The van der Waals surface area contributed by atoms with Gasteiger partial charge < -0.3 is 14.8 Å². The summed E-state index contributed by atoms with van der Waals surface area (Å²) in [7, 11) is -0.368. The van der Waals surface area contributed by atoms with Crippen LogP contribution in [0.15, 0.2) is 47.4 Å². The molecule has 2 fully saturated rings. The molecule has 1 aliphatic carbocycles.